The minimum Gasteiger partial charge on any atom is -0.496 e. The van der Waals surface area contributed by atoms with Gasteiger partial charge in [0.2, 0.25) is 11.8 Å². The summed E-state index contributed by atoms with van der Waals surface area (Å²) in [7, 11) is 1.33. The number of carboxylic acid groups (broad SMARTS) is 1. The van der Waals surface area contributed by atoms with Crippen LogP contribution in [0.5, 0.6) is 17.4 Å². The summed E-state index contributed by atoms with van der Waals surface area (Å²) >= 11 is 0. The molecule has 39 heavy (non-hydrogen) atoms. The summed E-state index contributed by atoms with van der Waals surface area (Å²) < 4.78 is 38.8. The van der Waals surface area contributed by atoms with E-state index in [4.69, 9.17) is 9.47 Å². The highest BCUT2D eigenvalue weighted by molar-refractivity contribution is 6.16. The van der Waals surface area contributed by atoms with E-state index in [-0.39, 0.29) is 28.1 Å². The molecule has 10 nitrogen and oxygen atoms in total. The summed E-state index contributed by atoms with van der Waals surface area (Å²) in [6.45, 7) is 0. The minimum absolute atomic E-state index is 0.00296. The summed E-state index contributed by atoms with van der Waals surface area (Å²) in [6, 6.07) is 10.3. The lowest BCUT2D eigenvalue weighted by atomic mass is 10.0. The molecule has 1 aliphatic carbocycles. The second-order valence-electron chi connectivity index (χ2n) is 8.79. The van der Waals surface area contributed by atoms with Crippen molar-refractivity contribution in [3.8, 4) is 17.4 Å². The van der Waals surface area contributed by atoms with Crippen LogP contribution in [0.15, 0.2) is 60.9 Å². The number of nitrogens with one attached hydrogen (secondary N) is 2. The molecular weight excluding hydrogens is 514 g/mol. The van der Waals surface area contributed by atoms with Gasteiger partial charge in [0.15, 0.2) is 5.82 Å². The first-order valence-electron chi connectivity index (χ1n) is 11.6. The number of aromatic nitrogens is 2. The number of carbonyl (C=O) groups excluding carboxylic acids is 2. The molecule has 3 N–H and O–H groups in total. The number of amides is 2. The van der Waals surface area contributed by atoms with Gasteiger partial charge < -0.3 is 25.2 Å². The minimum atomic E-state index is -1.33. The third-order valence-electron chi connectivity index (χ3n) is 6.25. The fraction of sp³-hybridized carbons (Fsp3) is 0.148. The van der Waals surface area contributed by atoms with Crippen molar-refractivity contribution < 1.29 is 37.7 Å². The molecule has 0 bridgehead atoms. The van der Waals surface area contributed by atoms with Crippen LogP contribution in [0.2, 0.25) is 0 Å². The highest BCUT2D eigenvalue weighted by atomic mass is 19.1. The maximum absolute atomic E-state index is 14.9. The first-order chi connectivity index (χ1) is 18.7. The maximum Gasteiger partial charge on any atom is 0.339 e. The molecule has 0 radical (unpaired) electrons. The van der Waals surface area contributed by atoms with Crippen molar-refractivity contribution in [1.82, 2.24) is 9.97 Å². The second kappa shape index (κ2) is 9.97. The van der Waals surface area contributed by atoms with Crippen molar-refractivity contribution in [2.75, 3.05) is 17.7 Å². The zero-order valence-corrected chi connectivity index (χ0v) is 20.3. The van der Waals surface area contributed by atoms with E-state index in [1.165, 1.54) is 62.0 Å². The van der Waals surface area contributed by atoms with Gasteiger partial charge in [-0.25, -0.2) is 18.6 Å². The number of carbonyl (C=O) groups is 3. The zero-order valence-electron chi connectivity index (χ0n) is 20.3. The Kier molecular flexibility index (Phi) is 6.52. The summed E-state index contributed by atoms with van der Waals surface area (Å²) in [6.07, 6.45) is 3.15. The molecule has 198 valence electrons. The SMILES string of the molecule is COc1cc2nccc(Oc3ncc(NC(=O)C4(C(=O)Nc5ccc(F)cc5)CC4)cc3F)c2cc1C(=O)O. The summed E-state index contributed by atoms with van der Waals surface area (Å²) in [5, 5.41) is 14.9. The number of halogens is 2. The summed E-state index contributed by atoms with van der Waals surface area (Å²) in [5.41, 5.74) is -0.770. The Bertz CT molecular complexity index is 1620. The van der Waals surface area contributed by atoms with Gasteiger partial charge in [-0.2, -0.15) is 0 Å². The molecule has 1 aliphatic rings. The molecule has 0 spiro atoms. The van der Waals surface area contributed by atoms with Crippen molar-refractivity contribution in [2.45, 2.75) is 12.8 Å². The normalized spacial score (nSPS) is 13.4. The Morgan fingerprint density at radius 3 is 2.23 bits per heavy atom. The van der Waals surface area contributed by atoms with Crippen molar-refractivity contribution in [3.63, 3.8) is 0 Å². The molecule has 0 atom stereocenters. The average Bonchev–Trinajstić information content (AvgIpc) is 3.73. The van der Waals surface area contributed by atoms with Crippen LogP contribution in [0.1, 0.15) is 23.2 Å². The topological polar surface area (TPSA) is 140 Å². The predicted molar refractivity (Wildman–Crippen MR) is 135 cm³/mol. The Balaban J connectivity index is 1.32. The van der Waals surface area contributed by atoms with Gasteiger partial charge in [-0.15, -0.1) is 0 Å². The smallest absolute Gasteiger partial charge is 0.339 e. The Hall–Kier alpha value is -5.13. The van der Waals surface area contributed by atoms with Gasteiger partial charge in [0, 0.05) is 29.4 Å². The molecule has 2 aromatic heterocycles. The van der Waals surface area contributed by atoms with Crippen LogP contribution >= 0.6 is 0 Å². The van der Waals surface area contributed by atoms with Crippen LogP contribution in [0.4, 0.5) is 20.2 Å². The summed E-state index contributed by atoms with van der Waals surface area (Å²) in [4.78, 5) is 45.3. The number of anilines is 2. The van der Waals surface area contributed by atoms with Crippen LogP contribution in [-0.4, -0.2) is 40.0 Å². The van der Waals surface area contributed by atoms with Gasteiger partial charge in [0.05, 0.1) is 24.5 Å². The molecule has 2 amide bonds. The molecular formula is C27H20F2N4O6. The van der Waals surface area contributed by atoms with Crippen molar-refractivity contribution in [3.05, 3.63) is 78.1 Å². The number of benzene rings is 2. The van der Waals surface area contributed by atoms with E-state index < -0.39 is 40.7 Å². The fourth-order valence-electron chi connectivity index (χ4n) is 3.96. The quantitative estimate of drug-likeness (QED) is 0.275. The number of pyridine rings is 2. The molecule has 0 aliphatic heterocycles. The van der Waals surface area contributed by atoms with Crippen molar-refractivity contribution >= 4 is 40.1 Å². The van der Waals surface area contributed by atoms with Gasteiger partial charge >= 0.3 is 5.97 Å². The molecule has 4 aromatic rings. The van der Waals surface area contributed by atoms with E-state index >= 15 is 0 Å². The summed E-state index contributed by atoms with van der Waals surface area (Å²) in [5.74, 6) is -4.02. The van der Waals surface area contributed by atoms with Crippen LogP contribution in [0.25, 0.3) is 10.9 Å². The maximum atomic E-state index is 14.9. The van der Waals surface area contributed by atoms with E-state index in [1.807, 2.05) is 0 Å². The Morgan fingerprint density at radius 1 is 0.923 bits per heavy atom. The van der Waals surface area contributed by atoms with Gasteiger partial charge in [-0.3, -0.25) is 14.6 Å². The number of nitrogens with zero attached hydrogens (tertiary/aromatic N) is 2. The number of ether oxygens (including phenoxy) is 2. The van der Waals surface area contributed by atoms with Gasteiger partial charge in [-0.05, 0) is 49.2 Å². The molecule has 2 heterocycles. The zero-order chi connectivity index (χ0) is 27.7. The standard InChI is InChI=1S/C27H20F2N4O6/c1-38-22-12-20-17(11-18(22)24(34)35)21(6-9-30-20)39-23-19(29)10-16(13-31-23)33-26(37)27(7-8-27)25(36)32-15-4-2-14(28)3-5-15/h2-6,9-13H,7-8H2,1H3,(H,32,36)(H,33,37)(H,34,35). The van der Waals surface area contributed by atoms with Gasteiger partial charge in [0.1, 0.15) is 28.3 Å². The fourth-order valence-corrected chi connectivity index (χ4v) is 3.96. The lowest BCUT2D eigenvalue weighted by Gasteiger charge is -2.16. The molecule has 0 unspecified atom stereocenters. The third-order valence-corrected chi connectivity index (χ3v) is 6.25. The number of carboxylic acids is 1. The Morgan fingerprint density at radius 2 is 1.62 bits per heavy atom. The van der Waals surface area contributed by atoms with Gasteiger partial charge in [0.25, 0.3) is 5.88 Å². The molecule has 0 saturated heterocycles. The molecule has 1 fully saturated rings. The number of hydrogen-bond acceptors (Lipinski definition) is 7. The van der Waals surface area contributed by atoms with Crippen LogP contribution in [0, 0.1) is 17.0 Å². The largest absolute Gasteiger partial charge is 0.496 e. The first kappa shape index (κ1) is 25.5. The highest BCUT2D eigenvalue weighted by Gasteiger charge is 2.56. The van der Waals surface area contributed by atoms with Crippen molar-refractivity contribution in [1.29, 1.82) is 0 Å². The van der Waals surface area contributed by atoms with E-state index in [2.05, 4.69) is 20.6 Å². The number of rotatable bonds is 8. The second-order valence-corrected chi connectivity index (χ2v) is 8.79. The number of methoxy groups -OCH3 is 1. The van der Waals surface area contributed by atoms with E-state index in [1.54, 1.807) is 0 Å². The average molecular weight is 534 g/mol. The third kappa shape index (κ3) is 5.04. The molecule has 2 aromatic carbocycles. The van der Waals surface area contributed by atoms with E-state index in [9.17, 15) is 28.3 Å². The highest BCUT2D eigenvalue weighted by Crippen LogP contribution is 2.47. The van der Waals surface area contributed by atoms with E-state index in [0.717, 1.165) is 6.07 Å². The van der Waals surface area contributed by atoms with Gasteiger partial charge in [-0.1, -0.05) is 0 Å². The number of aromatic carboxylic acids is 1. The first-order valence-corrected chi connectivity index (χ1v) is 11.6. The molecule has 5 rings (SSSR count). The lowest BCUT2D eigenvalue weighted by molar-refractivity contribution is -0.131. The van der Waals surface area contributed by atoms with Crippen molar-refractivity contribution in [2.24, 2.45) is 5.41 Å². The number of fused-ring (bicyclic) bond motifs is 1. The molecule has 12 heteroatoms. The van der Waals surface area contributed by atoms with E-state index in [0.29, 0.717) is 24.0 Å². The monoisotopic (exact) mass is 534 g/mol. The number of hydrogen-bond donors (Lipinski definition) is 3. The van der Waals surface area contributed by atoms with Crippen LogP contribution in [0.3, 0.4) is 0 Å². The Labute approximate surface area is 219 Å². The van der Waals surface area contributed by atoms with Crippen LogP contribution in [-0.2, 0) is 9.59 Å². The lowest BCUT2D eigenvalue weighted by Crippen LogP contribution is -2.35. The van der Waals surface area contributed by atoms with Crippen LogP contribution < -0.4 is 20.1 Å². The predicted octanol–water partition coefficient (Wildman–Crippen LogP) is 4.76. The molecule has 1 saturated carbocycles.